The molecule has 0 spiro atoms. The van der Waals surface area contributed by atoms with Crippen molar-refractivity contribution in [3.05, 3.63) is 0 Å². The zero-order valence-corrected chi connectivity index (χ0v) is 10.9. The molecule has 1 aliphatic carbocycles. The first-order valence-electron chi connectivity index (χ1n) is 5.78. The molecule has 0 aromatic rings. The maximum atomic E-state index is 12.1. The van der Waals surface area contributed by atoms with E-state index in [4.69, 9.17) is 18.0 Å². The number of nitrogens with zero attached hydrogens (tertiary/aromatic N) is 1. The van der Waals surface area contributed by atoms with Gasteiger partial charge in [-0.15, -0.1) is 0 Å². The maximum absolute atomic E-state index is 12.1. The van der Waals surface area contributed by atoms with Crippen LogP contribution < -0.4 is 5.73 Å². The highest BCUT2D eigenvalue weighted by molar-refractivity contribution is 7.92. The van der Waals surface area contributed by atoms with E-state index in [9.17, 15) is 8.42 Å². The number of fused-ring (bicyclic) bond motifs is 1. The normalized spacial score (nSPS) is 31.2. The van der Waals surface area contributed by atoms with Gasteiger partial charge in [-0.25, -0.2) is 8.42 Å². The summed E-state index contributed by atoms with van der Waals surface area (Å²) >= 11 is 4.70. The summed E-state index contributed by atoms with van der Waals surface area (Å²) in [5, 5.41) is 0. The molecule has 4 nitrogen and oxygen atoms in total. The summed E-state index contributed by atoms with van der Waals surface area (Å²) in [6, 6.07) is 0.216. The summed E-state index contributed by atoms with van der Waals surface area (Å²) < 4.78 is 25.9. The lowest BCUT2D eigenvalue weighted by Crippen LogP contribution is -2.48. The molecular formula is C10H18N2O2S2. The molecule has 0 bridgehead atoms. The van der Waals surface area contributed by atoms with E-state index in [1.165, 1.54) is 12.8 Å². The zero-order chi connectivity index (χ0) is 11.8. The minimum atomic E-state index is -3.27. The summed E-state index contributed by atoms with van der Waals surface area (Å²) in [5.41, 5.74) is 5.35. The van der Waals surface area contributed by atoms with E-state index in [2.05, 4.69) is 0 Å². The van der Waals surface area contributed by atoms with Crippen molar-refractivity contribution in [1.82, 2.24) is 4.31 Å². The molecule has 2 fully saturated rings. The number of piperidine rings is 1. The molecular weight excluding hydrogens is 244 g/mol. The fourth-order valence-electron chi connectivity index (χ4n) is 3.02. The second-order valence-electron chi connectivity index (χ2n) is 4.73. The fraction of sp³-hybridized carbons (Fsp3) is 0.900. The summed E-state index contributed by atoms with van der Waals surface area (Å²) in [5.74, 6) is 0.390. The molecule has 0 aromatic carbocycles. The lowest BCUT2D eigenvalue weighted by Gasteiger charge is -2.36. The molecule has 0 amide bonds. The smallest absolute Gasteiger partial charge is 0.220 e. The van der Waals surface area contributed by atoms with Crippen molar-refractivity contribution >= 4 is 27.2 Å². The van der Waals surface area contributed by atoms with Gasteiger partial charge < -0.3 is 5.73 Å². The van der Waals surface area contributed by atoms with Gasteiger partial charge in [-0.05, 0) is 31.6 Å². The number of rotatable bonds is 3. The van der Waals surface area contributed by atoms with Crippen LogP contribution in [-0.2, 0) is 10.0 Å². The quantitative estimate of drug-likeness (QED) is 0.767. The van der Waals surface area contributed by atoms with Crippen molar-refractivity contribution in [2.24, 2.45) is 11.7 Å². The average Bonchev–Trinajstić information content (AvgIpc) is 2.62. The molecule has 2 aliphatic rings. The summed E-state index contributed by atoms with van der Waals surface area (Å²) in [7, 11) is -3.27. The molecule has 0 aromatic heterocycles. The Kier molecular flexibility index (Phi) is 3.51. The van der Waals surface area contributed by atoms with Crippen LogP contribution in [0.4, 0.5) is 0 Å². The summed E-state index contributed by atoms with van der Waals surface area (Å²) in [6.45, 7) is 0.645. The van der Waals surface area contributed by atoms with E-state index in [1.54, 1.807) is 4.31 Å². The maximum Gasteiger partial charge on any atom is 0.220 e. The molecule has 2 N–H and O–H groups in total. The fourth-order valence-corrected chi connectivity index (χ4v) is 5.09. The lowest BCUT2D eigenvalue weighted by atomic mass is 9.94. The summed E-state index contributed by atoms with van der Waals surface area (Å²) in [6.07, 6.45) is 5.46. The highest BCUT2D eigenvalue weighted by atomic mass is 32.2. The largest absolute Gasteiger partial charge is 0.392 e. The van der Waals surface area contributed by atoms with Crippen LogP contribution in [0.15, 0.2) is 0 Å². The van der Waals surface area contributed by atoms with Crippen LogP contribution in [0.5, 0.6) is 0 Å². The second kappa shape index (κ2) is 4.58. The monoisotopic (exact) mass is 262 g/mol. The van der Waals surface area contributed by atoms with Gasteiger partial charge in [-0.2, -0.15) is 4.31 Å². The Balaban J connectivity index is 2.16. The highest BCUT2D eigenvalue weighted by Crippen LogP contribution is 2.38. The minimum Gasteiger partial charge on any atom is -0.392 e. The van der Waals surface area contributed by atoms with Gasteiger partial charge in [0.1, 0.15) is 5.75 Å². The van der Waals surface area contributed by atoms with Crippen LogP contribution in [0.2, 0.25) is 0 Å². The predicted octanol–water partition coefficient (Wildman–Crippen LogP) is 0.867. The van der Waals surface area contributed by atoms with Crippen molar-refractivity contribution in [2.45, 2.75) is 38.1 Å². The number of hydrogen-bond acceptors (Lipinski definition) is 3. The first-order chi connectivity index (χ1) is 7.50. The number of thiocarbonyl (C=S) groups is 1. The van der Waals surface area contributed by atoms with Crippen LogP contribution >= 0.6 is 12.2 Å². The van der Waals surface area contributed by atoms with Gasteiger partial charge in [0.15, 0.2) is 0 Å². The van der Waals surface area contributed by atoms with E-state index < -0.39 is 10.0 Å². The Morgan fingerprint density at radius 2 is 2.00 bits per heavy atom. The second-order valence-corrected chi connectivity index (χ2v) is 7.18. The molecule has 1 saturated carbocycles. The van der Waals surface area contributed by atoms with Crippen molar-refractivity contribution in [3.8, 4) is 0 Å². The molecule has 0 radical (unpaired) electrons. The first-order valence-corrected chi connectivity index (χ1v) is 7.80. The van der Waals surface area contributed by atoms with Crippen LogP contribution in [0.3, 0.4) is 0 Å². The topological polar surface area (TPSA) is 63.4 Å². The Bertz CT molecular complexity index is 380. The zero-order valence-electron chi connectivity index (χ0n) is 9.26. The molecule has 1 aliphatic heterocycles. The van der Waals surface area contributed by atoms with E-state index in [1.807, 2.05) is 0 Å². The van der Waals surface area contributed by atoms with Gasteiger partial charge in [0.2, 0.25) is 10.0 Å². The standard InChI is InChI=1S/C10H18N2O2S2/c11-10(15)7-16(13,14)12-6-2-4-8-3-1-5-9(8)12/h8-9H,1-7H2,(H2,11,15). The Labute approximate surface area is 102 Å². The first kappa shape index (κ1) is 12.3. The molecule has 1 saturated heterocycles. The van der Waals surface area contributed by atoms with E-state index in [0.717, 1.165) is 19.3 Å². The third kappa shape index (κ3) is 2.38. The van der Waals surface area contributed by atoms with Gasteiger partial charge >= 0.3 is 0 Å². The molecule has 1 heterocycles. The molecule has 92 valence electrons. The minimum absolute atomic E-state index is 0.0696. The number of nitrogens with two attached hydrogens (primary N) is 1. The molecule has 2 rings (SSSR count). The third-order valence-electron chi connectivity index (χ3n) is 3.62. The van der Waals surface area contributed by atoms with E-state index >= 15 is 0 Å². The van der Waals surface area contributed by atoms with Crippen molar-refractivity contribution < 1.29 is 8.42 Å². The van der Waals surface area contributed by atoms with Crippen molar-refractivity contribution in [2.75, 3.05) is 12.3 Å². The Morgan fingerprint density at radius 3 is 2.69 bits per heavy atom. The van der Waals surface area contributed by atoms with Crippen molar-refractivity contribution in [1.29, 1.82) is 0 Å². The third-order valence-corrected chi connectivity index (χ3v) is 5.80. The molecule has 16 heavy (non-hydrogen) atoms. The Hall–Kier alpha value is -0.200. The van der Waals surface area contributed by atoms with Crippen LogP contribution in [-0.4, -0.2) is 36.1 Å². The number of hydrogen-bond donors (Lipinski definition) is 1. The van der Waals surface area contributed by atoms with Gasteiger partial charge in [0, 0.05) is 12.6 Å². The van der Waals surface area contributed by atoms with Gasteiger partial charge in [-0.1, -0.05) is 18.6 Å². The van der Waals surface area contributed by atoms with Crippen molar-refractivity contribution in [3.63, 3.8) is 0 Å². The SMILES string of the molecule is NC(=S)CS(=O)(=O)N1CCCC2CCCC21. The van der Waals surface area contributed by atoms with E-state index in [0.29, 0.717) is 12.5 Å². The molecule has 2 unspecified atom stereocenters. The predicted molar refractivity (Wildman–Crippen MR) is 67.6 cm³/mol. The van der Waals surface area contributed by atoms with Gasteiger partial charge in [0.05, 0.1) is 4.99 Å². The van der Waals surface area contributed by atoms with Crippen LogP contribution in [0.1, 0.15) is 32.1 Å². The van der Waals surface area contributed by atoms with E-state index in [-0.39, 0.29) is 16.8 Å². The van der Waals surface area contributed by atoms with Crippen LogP contribution in [0.25, 0.3) is 0 Å². The molecule has 2 atom stereocenters. The number of sulfonamides is 1. The lowest BCUT2D eigenvalue weighted by molar-refractivity contribution is 0.203. The van der Waals surface area contributed by atoms with Gasteiger partial charge in [-0.3, -0.25) is 0 Å². The summed E-state index contributed by atoms with van der Waals surface area (Å²) in [4.78, 5) is 0.0696. The van der Waals surface area contributed by atoms with Gasteiger partial charge in [0.25, 0.3) is 0 Å². The van der Waals surface area contributed by atoms with Crippen LogP contribution in [0, 0.1) is 5.92 Å². The highest BCUT2D eigenvalue weighted by Gasteiger charge is 2.40. The average molecular weight is 262 g/mol. The Morgan fingerprint density at radius 1 is 1.31 bits per heavy atom. The molecule has 6 heteroatoms.